The molecule has 0 N–H and O–H groups in total. The highest BCUT2D eigenvalue weighted by Crippen LogP contribution is 2.43. The van der Waals surface area contributed by atoms with E-state index in [1.54, 1.807) is 0 Å². The molecule has 0 saturated heterocycles. The molecule has 5 rings (SSSR count). The number of ether oxygens (including phenoxy) is 1. The second-order valence-corrected chi connectivity index (χ2v) is 5.41. The highest BCUT2D eigenvalue weighted by molar-refractivity contribution is 5.95. The Morgan fingerprint density at radius 1 is 1.00 bits per heavy atom. The number of allylic oxidation sites excluding steroid dienone is 2. The number of furan rings is 1. The van der Waals surface area contributed by atoms with Gasteiger partial charge in [0.05, 0.1) is 6.26 Å². The summed E-state index contributed by atoms with van der Waals surface area (Å²) in [5, 5.41) is 2.27. The van der Waals surface area contributed by atoms with Gasteiger partial charge in [-0.15, -0.1) is 0 Å². The normalized spacial score (nSPS) is 18.5. The van der Waals surface area contributed by atoms with Gasteiger partial charge in [-0.25, -0.2) is 0 Å². The van der Waals surface area contributed by atoms with Crippen LogP contribution in [0.3, 0.4) is 0 Å². The molecular weight excluding hydrogens is 260 g/mol. The van der Waals surface area contributed by atoms with Crippen molar-refractivity contribution >= 4 is 16.3 Å². The van der Waals surface area contributed by atoms with Crippen LogP contribution in [0.1, 0.15) is 5.56 Å². The molecule has 0 spiro atoms. The topological polar surface area (TPSA) is 22.4 Å². The summed E-state index contributed by atoms with van der Waals surface area (Å²) in [6, 6.07) is 14.5. The third-order valence-corrected chi connectivity index (χ3v) is 4.18. The molecule has 0 amide bonds. The van der Waals surface area contributed by atoms with E-state index in [1.807, 2.05) is 24.5 Å². The third-order valence-electron chi connectivity index (χ3n) is 4.18. The molecule has 1 aliphatic heterocycles. The van der Waals surface area contributed by atoms with Gasteiger partial charge in [-0.05, 0) is 24.3 Å². The van der Waals surface area contributed by atoms with Gasteiger partial charge in [-0.2, -0.15) is 0 Å². The van der Waals surface area contributed by atoms with Crippen molar-refractivity contribution in [2.75, 3.05) is 0 Å². The zero-order valence-corrected chi connectivity index (χ0v) is 11.2. The van der Waals surface area contributed by atoms with E-state index in [-0.39, 0.29) is 6.10 Å². The van der Waals surface area contributed by atoms with E-state index in [0.717, 1.165) is 27.8 Å². The maximum absolute atomic E-state index is 5.90. The van der Waals surface area contributed by atoms with Crippen molar-refractivity contribution in [3.8, 4) is 17.1 Å². The molecule has 1 aromatic heterocycles. The fraction of sp³-hybridized carbons (Fsp3) is 0.0526. The molecule has 2 heterocycles. The van der Waals surface area contributed by atoms with E-state index in [9.17, 15) is 0 Å². The van der Waals surface area contributed by atoms with Crippen LogP contribution in [0.2, 0.25) is 0 Å². The first-order valence-electron chi connectivity index (χ1n) is 7.06. The smallest absolute Gasteiger partial charge is 0.143 e. The lowest BCUT2D eigenvalue weighted by atomic mass is 10.0. The minimum Gasteiger partial charge on any atom is -0.481 e. The Morgan fingerprint density at radius 2 is 1.95 bits per heavy atom. The van der Waals surface area contributed by atoms with Crippen LogP contribution < -0.4 is 4.74 Å². The molecule has 2 aromatic carbocycles. The summed E-state index contributed by atoms with van der Waals surface area (Å²) in [6.07, 6.45) is 8.16. The second-order valence-electron chi connectivity index (χ2n) is 5.41. The Hall–Kier alpha value is -2.74. The van der Waals surface area contributed by atoms with E-state index in [2.05, 4.69) is 42.5 Å². The van der Waals surface area contributed by atoms with Crippen LogP contribution in [0.25, 0.3) is 27.7 Å². The fourth-order valence-corrected chi connectivity index (χ4v) is 3.16. The molecule has 2 heteroatoms. The highest BCUT2D eigenvalue weighted by Gasteiger charge is 2.29. The van der Waals surface area contributed by atoms with Crippen molar-refractivity contribution in [1.29, 1.82) is 0 Å². The summed E-state index contributed by atoms with van der Waals surface area (Å²) in [4.78, 5) is 0. The van der Waals surface area contributed by atoms with Crippen molar-refractivity contribution < 1.29 is 9.15 Å². The van der Waals surface area contributed by atoms with Gasteiger partial charge < -0.3 is 9.15 Å². The molecule has 1 atom stereocenters. The quantitative estimate of drug-likeness (QED) is 0.634. The zero-order chi connectivity index (χ0) is 13.8. The zero-order valence-electron chi connectivity index (χ0n) is 11.2. The molecule has 0 bridgehead atoms. The average Bonchev–Trinajstić information content (AvgIpc) is 3.20. The third kappa shape index (κ3) is 1.47. The summed E-state index contributed by atoms with van der Waals surface area (Å²) in [5.74, 6) is 1.87. The second kappa shape index (κ2) is 3.89. The van der Waals surface area contributed by atoms with Crippen LogP contribution in [0.15, 0.2) is 71.4 Å². The fourth-order valence-electron chi connectivity index (χ4n) is 3.16. The van der Waals surface area contributed by atoms with Gasteiger partial charge in [0.2, 0.25) is 0 Å². The molecule has 0 radical (unpaired) electrons. The largest absolute Gasteiger partial charge is 0.481 e. The SMILES string of the molecule is C1=CC2Oc3ccc(-c4occ5ccccc45)cc3C2=C1. The highest BCUT2D eigenvalue weighted by atomic mass is 16.5. The maximum atomic E-state index is 5.90. The first-order valence-corrected chi connectivity index (χ1v) is 7.06. The van der Waals surface area contributed by atoms with E-state index in [1.165, 1.54) is 11.1 Å². The molecule has 1 aliphatic carbocycles. The molecular formula is C19H12O2. The lowest BCUT2D eigenvalue weighted by Gasteiger charge is -2.03. The molecule has 100 valence electrons. The van der Waals surface area contributed by atoms with Crippen LogP contribution in [0.5, 0.6) is 5.75 Å². The number of hydrogen-bond acceptors (Lipinski definition) is 2. The van der Waals surface area contributed by atoms with Gasteiger partial charge in [-0.1, -0.05) is 36.4 Å². The number of rotatable bonds is 1. The van der Waals surface area contributed by atoms with Crippen molar-refractivity contribution in [3.05, 3.63) is 72.5 Å². The monoisotopic (exact) mass is 272 g/mol. The molecule has 2 aliphatic rings. The van der Waals surface area contributed by atoms with Gasteiger partial charge in [0, 0.05) is 27.5 Å². The molecule has 21 heavy (non-hydrogen) atoms. The van der Waals surface area contributed by atoms with E-state index >= 15 is 0 Å². The summed E-state index contributed by atoms with van der Waals surface area (Å²) in [5.41, 5.74) is 3.50. The minimum absolute atomic E-state index is 0.0867. The van der Waals surface area contributed by atoms with Gasteiger partial charge in [0.15, 0.2) is 0 Å². The van der Waals surface area contributed by atoms with Crippen molar-refractivity contribution in [3.63, 3.8) is 0 Å². The average molecular weight is 272 g/mol. The molecule has 2 nitrogen and oxygen atoms in total. The van der Waals surface area contributed by atoms with Crippen LogP contribution in [0, 0.1) is 0 Å². The maximum Gasteiger partial charge on any atom is 0.143 e. The number of fused-ring (bicyclic) bond motifs is 4. The molecule has 0 fully saturated rings. The predicted molar refractivity (Wildman–Crippen MR) is 83.2 cm³/mol. The lowest BCUT2D eigenvalue weighted by Crippen LogP contribution is -2.04. The first kappa shape index (κ1) is 11.0. The van der Waals surface area contributed by atoms with Gasteiger partial charge in [-0.3, -0.25) is 0 Å². The Morgan fingerprint density at radius 3 is 2.95 bits per heavy atom. The van der Waals surface area contributed by atoms with Crippen LogP contribution >= 0.6 is 0 Å². The predicted octanol–water partition coefficient (Wildman–Crippen LogP) is 4.81. The molecule has 3 aromatic rings. The molecule has 1 unspecified atom stereocenters. The van der Waals surface area contributed by atoms with Crippen molar-refractivity contribution in [1.82, 2.24) is 0 Å². The minimum atomic E-state index is 0.0867. The summed E-state index contributed by atoms with van der Waals surface area (Å²) < 4.78 is 11.7. The number of hydrogen-bond donors (Lipinski definition) is 0. The van der Waals surface area contributed by atoms with Crippen molar-refractivity contribution in [2.45, 2.75) is 6.10 Å². The van der Waals surface area contributed by atoms with E-state index in [0.29, 0.717) is 0 Å². The summed E-state index contributed by atoms with van der Waals surface area (Å²) in [6.45, 7) is 0. The molecule has 0 saturated carbocycles. The lowest BCUT2D eigenvalue weighted by molar-refractivity contribution is 0.325. The van der Waals surface area contributed by atoms with Crippen LogP contribution in [0.4, 0.5) is 0 Å². The standard InChI is InChI=1S/C19H12O2/c1-2-5-14-13(4-1)11-20-19(14)12-8-9-18-16(10-12)15-6-3-7-17(15)21-18/h1-11,17H. The Bertz CT molecular complexity index is 928. The van der Waals surface area contributed by atoms with Crippen LogP contribution in [-0.2, 0) is 0 Å². The first-order chi connectivity index (χ1) is 10.4. The van der Waals surface area contributed by atoms with Gasteiger partial charge in [0.25, 0.3) is 0 Å². The van der Waals surface area contributed by atoms with E-state index in [4.69, 9.17) is 9.15 Å². The van der Waals surface area contributed by atoms with Crippen LogP contribution in [-0.4, -0.2) is 6.10 Å². The summed E-state index contributed by atoms with van der Waals surface area (Å²) >= 11 is 0. The Labute approximate surface area is 122 Å². The number of benzene rings is 2. The van der Waals surface area contributed by atoms with Crippen molar-refractivity contribution in [2.24, 2.45) is 0 Å². The van der Waals surface area contributed by atoms with Gasteiger partial charge >= 0.3 is 0 Å². The Balaban J connectivity index is 1.70. The summed E-state index contributed by atoms with van der Waals surface area (Å²) in [7, 11) is 0. The van der Waals surface area contributed by atoms with E-state index < -0.39 is 0 Å². The Kier molecular flexibility index (Phi) is 2.03. The van der Waals surface area contributed by atoms with Gasteiger partial charge in [0.1, 0.15) is 17.6 Å².